The van der Waals surface area contributed by atoms with Gasteiger partial charge in [0.1, 0.15) is 5.69 Å². The van der Waals surface area contributed by atoms with E-state index in [1.54, 1.807) is 0 Å². The van der Waals surface area contributed by atoms with E-state index < -0.39 is 0 Å². The Labute approximate surface area is 168 Å². The molecule has 3 saturated heterocycles. The summed E-state index contributed by atoms with van der Waals surface area (Å²) in [6, 6.07) is 13.0. The molecule has 3 aliphatic heterocycles. The molecule has 0 aliphatic carbocycles. The summed E-state index contributed by atoms with van der Waals surface area (Å²) in [4.78, 5) is 18.0. The van der Waals surface area contributed by atoms with Crippen LogP contribution in [0.15, 0.2) is 36.4 Å². The maximum atomic E-state index is 13.3. The van der Waals surface area contributed by atoms with E-state index in [-0.39, 0.29) is 5.91 Å². The molecule has 0 unspecified atom stereocenters. The van der Waals surface area contributed by atoms with Crippen LogP contribution in [0, 0.1) is 12.8 Å². The van der Waals surface area contributed by atoms with Crippen LogP contribution in [0.3, 0.4) is 0 Å². The monoisotopic (exact) mass is 380 g/mol. The highest BCUT2D eigenvalue weighted by atomic mass is 16.2. The van der Waals surface area contributed by atoms with Crippen LogP contribution in [0.5, 0.6) is 0 Å². The fourth-order valence-corrected chi connectivity index (χ4v) is 4.87. The molecule has 0 radical (unpaired) electrons. The highest BCUT2D eigenvalue weighted by molar-refractivity contribution is 5.93. The molecule has 28 heavy (non-hydrogen) atoms. The molecule has 1 amide bonds. The number of aromatic nitrogens is 2. The summed E-state index contributed by atoms with van der Waals surface area (Å²) in [6.07, 6.45) is 4.68. The Morgan fingerprint density at radius 2 is 1.96 bits per heavy atom. The smallest absolute Gasteiger partial charge is 0.272 e. The number of piperidine rings is 1. The Morgan fingerprint density at radius 1 is 1.14 bits per heavy atom. The molecule has 4 heterocycles. The number of rotatable bonds is 6. The minimum absolute atomic E-state index is 0.170. The lowest BCUT2D eigenvalue weighted by atomic mass is 9.94. The zero-order chi connectivity index (χ0) is 19.5. The third-order valence-electron chi connectivity index (χ3n) is 6.25. The van der Waals surface area contributed by atoms with Crippen LogP contribution in [0.4, 0.5) is 0 Å². The number of benzene rings is 1. The second-order valence-electron chi connectivity index (χ2n) is 8.39. The molecule has 1 aromatic carbocycles. The Balaban J connectivity index is 1.39. The molecule has 2 atom stereocenters. The molecular formula is C23H32N4O. The minimum Gasteiger partial charge on any atom is -0.333 e. The second kappa shape index (κ2) is 8.48. The van der Waals surface area contributed by atoms with Gasteiger partial charge in [-0.05, 0) is 63.6 Å². The topological polar surface area (TPSA) is 41.4 Å². The SMILES string of the molecule is CCn1nc(C)cc1C(=O)N1C[C@H]2CC[C@@H]1CN(CCCc1ccccc1)C2. The van der Waals surface area contributed by atoms with Gasteiger partial charge >= 0.3 is 0 Å². The number of nitrogens with zero attached hydrogens (tertiary/aromatic N) is 4. The van der Waals surface area contributed by atoms with E-state index in [0.717, 1.165) is 57.0 Å². The van der Waals surface area contributed by atoms with Crippen molar-refractivity contribution in [2.24, 2.45) is 5.92 Å². The van der Waals surface area contributed by atoms with Gasteiger partial charge in [0.15, 0.2) is 0 Å². The molecule has 150 valence electrons. The van der Waals surface area contributed by atoms with Crippen LogP contribution in [-0.4, -0.2) is 57.7 Å². The Bertz CT molecular complexity index is 800. The molecule has 0 saturated carbocycles. The van der Waals surface area contributed by atoms with Crippen LogP contribution >= 0.6 is 0 Å². The maximum Gasteiger partial charge on any atom is 0.272 e. The first-order chi connectivity index (χ1) is 13.6. The van der Waals surface area contributed by atoms with Gasteiger partial charge in [-0.1, -0.05) is 30.3 Å². The predicted octanol–water partition coefficient (Wildman–Crippen LogP) is 3.38. The average molecular weight is 381 g/mol. The lowest BCUT2D eigenvalue weighted by Crippen LogP contribution is -2.48. The molecule has 2 aromatic rings. The summed E-state index contributed by atoms with van der Waals surface area (Å²) in [5, 5.41) is 4.47. The van der Waals surface area contributed by atoms with Gasteiger partial charge in [0, 0.05) is 32.2 Å². The van der Waals surface area contributed by atoms with Gasteiger partial charge in [0.2, 0.25) is 0 Å². The predicted molar refractivity (Wildman–Crippen MR) is 111 cm³/mol. The molecule has 3 fully saturated rings. The third kappa shape index (κ3) is 4.14. The van der Waals surface area contributed by atoms with Gasteiger partial charge in [-0.3, -0.25) is 9.48 Å². The van der Waals surface area contributed by atoms with Gasteiger partial charge in [-0.2, -0.15) is 5.10 Å². The molecule has 1 aromatic heterocycles. The first kappa shape index (κ1) is 19.2. The fourth-order valence-electron chi connectivity index (χ4n) is 4.87. The second-order valence-corrected chi connectivity index (χ2v) is 8.39. The first-order valence-corrected chi connectivity index (χ1v) is 10.8. The number of carbonyl (C=O) groups excluding carboxylic acids is 1. The molecule has 3 aliphatic rings. The zero-order valence-corrected chi connectivity index (χ0v) is 17.2. The van der Waals surface area contributed by atoms with Crippen LogP contribution in [-0.2, 0) is 13.0 Å². The van der Waals surface area contributed by atoms with Crippen LogP contribution in [0.2, 0.25) is 0 Å². The fraction of sp³-hybridized carbons (Fsp3) is 0.565. The van der Waals surface area contributed by atoms with Gasteiger partial charge in [0.05, 0.1) is 5.69 Å². The number of carbonyl (C=O) groups is 1. The van der Waals surface area contributed by atoms with Crippen LogP contribution in [0.1, 0.15) is 47.9 Å². The van der Waals surface area contributed by atoms with Crippen molar-refractivity contribution in [1.82, 2.24) is 19.6 Å². The first-order valence-electron chi connectivity index (χ1n) is 10.8. The summed E-state index contributed by atoms with van der Waals surface area (Å²) in [5.74, 6) is 0.766. The summed E-state index contributed by atoms with van der Waals surface area (Å²) >= 11 is 0. The normalized spacial score (nSPS) is 22.4. The van der Waals surface area contributed by atoms with Crippen molar-refractivity contribution in [1.29, 1.82) is 0 Å². The Hall–Kier alpha value is -2.14. The zero-order valence-electron chi connectivity index (χ0n) is 17.2. The van der Waals surface area contributed by atoms with Gasteiger partial charge in [-0.15, -0.1) is 0 Å². The molecule has 2 bridgehead atoms. The Morgan fingerprint density at radius 3 is 2.75 bits per heavy atom. The standard InChI is InChI=1S/C23H32N4O/c1-3-27-22(14-18(2)24-27)23(28)26-16-20-11-12-21(26)17-25(15-20)13-7-10-19-8-5-4-6-9-19/h4-6,8-9,14,20-21H,3,7,10-13,15-17H2,1-2H3/t20-,21+/m0/s1. The minimum atomic E-state index is 0.170. The quantitative estimate of drug-likeness (QED) is 0.771. The number of hydrogen-bond donors (Lipinski definition) is 0. The van der Waals surface area contributed by atoms with Gasteiger partial charge in [-0.25, -0.2) is 0 Å². The van der Waals surface area contributed by atoms with Gasteiger partial charge in [0.25, 0.3) is 5.91 Å². The van der Waals surface area contributed by atoms with E-state index in [0.29, 0.717) is 12.0 Å². The summed E-state index contributed by atoms with van der Waals surface area (Å²) in [6.45, 7) is 8.90. The van der Waals surface area contributed by atoms with Crippen LogP contribution < -0.4 is 0 Å². The van der Waals surface area contributed by atoms with E-state index >= 15 is 0 Å². The molecular weight excluding hydrogens is 348 g/mol. The van der Waals surface area contributed by atoms with E-state index in [4.69, 9.17) is 0 Å². The van der Waals surface area contributed by atoms with Crippen molar-refractivity contribution in [2.75, 3.05) is 26.2 Å². The van der Waals surface area contributed by atoms with Crippen LogP contribution in [0.25, 0.3) is 0 Å². The largest absolute Gasteiger partial charge is 0.333 e. The highest BCUT2D eigenvalue weighted by Crippen LogP contribution is 2.29. The van der Waals surface area contributed by atoms with Crippen molar-refractivity contribution in [3.8, 4) is 0 Å². The van der Waals surface area contributed by atoms with E-state index in [2.05, 4.69) is 45.2 Å². The molecule has 5 rings (SSSR count). The highest BCUT2D eigenvalue weighted by Gasteiger charge is 2.38. The number of amides is 1. The molecule has 0 N–H and O–H groups in total. The lowest BCUT2D eigenvalue weighted by Gasteiger charge is -2.36. The number of aryl methyl sites for hydroxylation is 3. The molecule has 5 nitrogen and oxygen atoms in total. The van der Waals surface area contributed by atoms with Crippen molar-refractivity contribution >= 4 is 5.91 Å². The number of fused-ring (bicyclic) bond motifs is 4. The van der Waals surface area contributed by atoms with Crippen molar-refractivity contribution in [2.45, 2.75) is 52.1 Å². The average Bonchev–Trinajstić information content (AvgIpc) is 2.87. The third-order valence-corrected chi connectivity index (χ3v) is 6.25. The van der Waals surface area contributed by atoms with E-state index in [9.17, 15) is 4.79 Å². The van der Waals surface area contributed by atoms with E-state index in [1.807, 2.05) is 24.6 Å². The lowest BCUT2D eigenvalue weighted by molar-refractivity contribution is 0.0572. The summed E-state index contributed by atoms with van der Waals surface area (Å²) in [7, 11) is 0. The van der Waals surface area contributed by atoms with Gasteiger partial charge < -0.3 is 9.80 Å². The summed E-state index contributed by atoms with van der Waals surface area (Å²) in [5.41, 5.74) is 3.09. The summed E-state index contributed by atoms with van der Waals surface area (Å²) < 4.78 is 1.86. The molecule has 0 spiro atoms. The molecule has 5 heteroatoms. The van der Waals surface area contributed by atoms with E-state index in [1.165, 1.54) is 18.4 Å². The van der Waals surface area contributed by atoms with Crippen molar-refractivity contribution in [3.63, 3.8) is 0 Å². The van der Waals surface area contributed by atoms with Crippen molar-refractivity contribution < 1.29 is 4.79 Å². The number of hydrogen-bond acceptors (Lipinski definition) is 3. The van der Waals surface area contributed by atoms with Crippen molar-refractivity contribution in [3.05, 3.63) is 53.3 Å². The maximum absolute atomic E-state index is 13.3. The Kier molecular flexibility index (Phi) is 5.81.